The Morgan fingerprint density at radius 3 is 2.26 bits per heavy atom. The van der Waals surface area contributed by atoms with Gasteiger partial charge in [0.2, 0.25) is 10.0 Å². The zero-order valence-electron chi connectivity index (χ0n) is 17.0. The van der Waals surface area contributed by atoms with Gasteiger partial charge in [0.05, 0.1) is 18.2 Å². The fraction of sp³-hybridized carbons (Fsp3) is 0.136. The molecule has 1 aromatic heterocycles. The summed E-state index contributed by atoms with van der Waals surface area (Å²) < 4.78 is 31.6. The molecule has 2 aromatic carbocycles. The van der Waals surface area contributed by atoms with E-state index in [1.165, 1.54) is 13.1 Å². The molecule has 0 aliphatic heterocycles. The van der Waals surface area contributed by atoms with E-state index in [1.54, 1.807) is 48.8 Å². The Hall–Kier alpha value is -3.72. The number of benzene rings is 2. The van der Waals surface area contributed by atoms with Gasteiger partial charge in [0.1, 0.15) is 17.5 Å². The van der Waals surface area contributed by atoms with Crippen LogP contribution in [0.2, 0.25) is 0 Å². The average molecular weight is 439 g/mol. The van der Waals surface area contributed by atoms with Gasteiger partial charge in [-0.05, 0) is 61.0 Å². The first-order chi connectivity index (χ1) is 14.8. The van der Waals surface area contributed by atoms with Crippen molar-refractivity contribution in [2.45, 2.75) is 13.0 Å². The van der Waals surface area contributed by atoms with Crippen LogP contribution < -0.4 is 14.5 Å². The van der Waals surface area contributed by atoms with Crippen LogP contribution in [0.5, 0.6) is 11.5 Å². The van der Waals surface area contributed by atoms with Crippen molar-refractivity contribution in [2.75, 3.05) is 10.6 Å². The largest absolute Gasteiger partial charge is 0.457 e. The number of amides is 1. The van der Waals surface area contributed by atoms with Gasteiger partial charge in [-0.15, -0.1) is 0 Å². The van der Waals surface area contributed by atoms with E-state index in [4.69, 9.17) is 4.74 Å². The molecular formula is C22H22N4O4S. The van der Waals surface area contributed by atoms with E-state index in [1.807, 2.05) is 30.3 Å². The predicted octanol–water partition coefficient (Wildman–Crippen LogP) is 3.18. The molecule has 3 rings (SSSR count). The molecule has 1 heterocycles. The number of nitrogens with one attached hydrogen (secondary N) is 1. The second-order valence-electron chi connectivity index (χ2n) is 6.66. The Labute approximate surface area is 181 Å². The molecule has 0 fully saturated rings. The minimum atomic E-state index is -3.74. The van der Waals surface area contributed by atoms with Crippen LogP contribution in [0.15, 0.2) is 84.2 Å². The SMILES string of the molecule is C[C@H](C(=O)N/N=C\c1ccncc1)N(c1ccc(Oc2ccccc2)cc1)S(C)(=O)=O. The summed E-state index contributed by atoms with van der Waals surface area (Å²) in [4.78, 5) is 16.4. The molecular weight excluding hydrogens is 416 g/mol. The van der Waals surface area contributed by atoms with Crippen molar-refractivity contribution >= 4 is 27.8 Å². The average Bonchev–Trinajstić information content (AvgIpc) is 2.75. The quantitative estimate of drug-likeness (QED) is 0.430. The van der Waals surface area contributed by atoms with Crippen molar-refractivity contribution in [3.8, 4) is 11.5 Å². The maximum absolute atomic E-state index is 12.5. The molecule has 9 heteroatoms. The number of carbonyl (C=O) groups is 1. The van der Waals surface area contributed by atoms with Crippen LogP contribution >= 0.6 is 0 Å². The highest BCUT2D eigenvalue weighted by Gasteiger charge is 2.29. The fourth-order valence-corrected chi connectivity index (χ4v) is 3.98. The van der Waals surface area contributed by atoms with Gasteiger partial charge in [-0.3, -0.25) is 14.1 Å². The fourth-order valence-electron chi connectivity index (χ4n) is 2.81. The second-order valence-corrected chi connectivity index (χ2v) is 8.52. The summed E-state index contributed by atoms with van der Waals surface area (Å²) in [6, 6.07) is 18.1. The van der Waals surface area contributed by atoms with Gasteiger partial charge in [0.15, 0.2) is 0 Å². The van der Waals surface area contributed by atoms with Gasteiger partial charge in [0, 0.05) is 12.4 Å². The predicted molar refractivity (Wildman–Crippen MR) is 120 cm³/mol. The molecule has 31 heavy (non-hydrogen) atoms. The zero-order valence-corrected chi connectivity index (χ0v) is 17.9. The summed E-state index contributed by atoms with van der Waals surface area (Å²) in [6.07, 6.45) is 5.70. The third-order valence-electron chi connectivity index (χ3n) is 4.25. The lowest BCUT2D eigenvalue weighted by Crippen LogP contribution is -2.46. The summed E-state index contributed by atoms with van der Waals surface area (Å²) in [5.74, 6) is 0.637. The Balaban J connectivity index is 1.73. The van der Waals surface area contributed by atoms with Crippen LogP contribution in [-0.2, 0) is 14.8 Å². The van der Waals surface area contributed by atoms with E-state index >= 15 is 0 Å². The molecule has 1 amide bonds. The molecule has 0 unspecified atom stereocenters. The van der Waals surface area contributed by atoms with E-state index in [2.05, 4.69) is 15.5 Å². The smallest absolute Gasteiger partial charge is 0.263 e. The molecule has 0 saturated heterocycles. The summed E-state index contributed by atoms with van der Waals surface area (Å²) in [5, 5.41) is 3.89. The Kier molecular flexibility index (Phi) is 6.99. The van der Waals surface area contributed by atoms with Gasteiger partial charge in [0.25, 0.3) is 5.91 Å². The van der Waals surface area contributed by atoms with Gasteiger partial charge in [-0.25, -0.2) is 13.8 Å². The minimum Gasteiger partial charge on any atom is -0.457 e. The van der Waals surface area contributed by atoms with E-state index in [-0.39, 0.29) is 0 Å². The van der Waals surface area contributed by atoms with E-state index in [0.29, 0.717) is 17.2 Å². The van der Waals surface area contributed by atoms with Crippen LogP contribution in [0.25, 0.3) is 0 Å². The maximum Gasteiger partial charge on any atom is 0.263 e. The van der Waals surface area contributed by atoms with Crippen LogP contribution in [0.4, 0.5) is 5.69 Å². The Bertz CT molecular complexity index is 1140. The lowest BCUT2D eigenvalue weighted by Gasteiger charge is -2.27. The lowest BCUT2D eigenvalue weighted by atomic mass is 10.2. The molecule has 8 nitrogen and oxygen atoms in total. The molecule has 0 saturated carbocycles. The summed E-state index contributed by atoms with van der Waals surface area (Å²) in [5.41, 5.74) is 3.46. The Morgan fingerprint density at radius 1 is 1.03 bits per heavy atom. The topological polar surface area (TPSA) is 101 Å². The van der Waals surface area contributed by atoms with Gasteiger partial charge in [-0.2, -0.15) is 5.10 Å². The van der Waals surface area contributed by atoms with Crippen LogP contribution in [0.1, 0.15) is 12.5 Å². The number of hydrazone groups is 1. The number of ether oxygens (including phenoxy) is 1. The molecule has 0 aliphatic rings. The van der Waals surface area contributed by atoms with E-state index in [9.17, 15) is 13.2 Å². The van der Waals surface area contributed by atoms with Crippen molar-refractivity contribution in [1.29, 1.82) is 0 Å². The van der Waals surface area contributed by atoms with E-state index < -0.39 is 22.0 Å². The number of nitrogens with zero attached hydrogens (tertiary/aromatic N) is 3. The van der Waals surface area contributed by atoms with Crippen molar-refractivity contribution in [1.82, 2.24) is 10.4 Å². The maximum atomic E-state index is 12.5. The van der Waals surface area contributed by atoms with Crippen molar-refractivity contribution in [3.63, 3.8) is 0 Å². The molecule has 1 atom stereocenters. The zero-order chi connectivity index (χ0) is 22.3. The molecule has 0 bridgehead atoms. The van der Waals surface area contributed by atoms with Gasteiger partial charge < -0.3 is 4.74 Å². The first kappa shape index (κ1) is 22.0. The third kappa shape index (κ3) is 6.13. The highest BCUT2D eigenvalue weighted by Crippen LogP contribution is 2.26. The number of hydrogen-bond donors (Lipinski definition) is 1. The number of para-hydroxylation sites is 1. The normalized spacial score (nSPS) is 12.3. The molecule has 160 valence electrons. The highest BCUT2D eigenvalue weighted by molar-refractivity contribution is 7.92. The van der Waals surface area contributed by atoms with Gasteiger partial charge in [-0.1, -0.05) is 18.2 Å². The van der Waals surface area contributed by atoms with Crippen LogP contribution in [0.3, 0.4) is 0 Å². The first-order valence-corrected chi connectivity index (χ1v) is 11.2. The second kappa shape index (κ2) is 9.86. The number of hydrogen-bond acceptors (Lipinski definition) is 6. The van der Waals surface area contributed by atoms with Crippen LogP contribution in [0, 0.1) is 0 Å². The summed E-state index contributed by atoms with van der Waals surface area (Å²) in [7, 11) is -3.74. The van der Waals surface area contributed by atoms with Gasteiger partial charge >= 0.3 is 0 Å². The number of carbonyl (C=O) groups excluding carboxylic acids is 1. The number of pyridine rings is 1. The minimum absolute atomic E-state index is 0.337. The highest BCUT2D eigenvalue weighted by atomic mass is 32.2. The number of sulfonamides is 1. The van der Waals surface area contributed by atoms with Crippen molar-refractivity contribution < 1.29 is 17.9 Å². The molecule has 0 spiro atoms. The summed E-state index contributed by atoms with van der Waals surface area (Å²) >= 11 is 0. The number of rotatable bonds is 8. The first-order valence-electron chi connectivity index (χ1n) is 9.40. The molecule has 3 aromatic rings. The summed E-state index contributed by atoms with van der Waals surface area (Å²) in [6.45, 7) is 1.49. The lowest BCUT2D eigenvalue weighted by molar-refractivity contribution is -0.121. The third-order valence-corrected chi connectivity index (χ3v) is 5.49. The van der Waals surface area contributed by atoms with Crippen molar-refractivity contribution in [2.24, 2.45) is 5.10 Å². The number of anilines is 1. The monoisotopic (exact) mass is 438 g/mol. The molecule has 0 radical (unpaired) electrons. The molecule has 1 N–H and O–H groups in total. The molecule has 0 aliphatic carbocycles. The van der Waals surface area contributed by atoms with E-state index in [0.717, 1.165) is 16.1 Å². The van der Waals surface area contributed by atoms with Crippen molar-refractivity contribution in [3.05, 3.63) is 84.7 Å². The Morgan fingerprint density at radius 2 is 1.65 bits per heavy atom. The number of aromatic nitrogens is 1. The standard InChI is InChI=1S/C22H22N4O4S/c1-17(22(27)25-24-16-18-12-14-23-15-13-18)26(31(2,28)29)19-8-10-21(11-9-19)30-20-6-4-3-5-7-20/h3-17H,1-2H3,(H,25,27)/b24-16-/t17-/m1/s1. The van der Waals surface area contributed by atoms with Crippen LogP contribution in [-0.4, -0.2) is 37.8 Å².